The summed E-state index contributed by atoms with van der Waals surface area (Å²) in [7, 11) is 0. The van der Waals surface area contributed by atoms with Gasteiger partial charge in [0.05, 0.1) is 0 Å². The molecule has 0 spiro atoms. The van der Waals surface area contributed by atoms with Crippen LogP contribution in [0.3, 0.4) is 0 Å². The molecule has 0 fully saturated rings. The second-order valence-corrected chi connectivity index (χ2v) is 10.6. The van der Waals surface area contributed by atoms with Crippen LogP contribution < -0.4 is 0 Å². The van der Waals surface area contributed by atoms with Gasteiger partial charge in [0.1, 0.15) is 0 Å². The van der Waals surface area contributed by atoms with E-state index in [1.165, 1.54) is 31.4 Å². The van der Waals surface area contributed by atoms with Gasteiger partial charge in [-0.15, -0.1) is 0 Å². The lowest BCUT2D eigenvalue weighted by Crippen LogP contribution is -1.83. The lowest BCUT2D eigenvalue weighted by Gasteiger charge is -2.07. The van der Waals surface area contributed by atoms with Gasteiger partial charge in [0, 0.05) is 21.5 Å². The monoisotopic (exact) mass is 728 g/mol. The standard InChI is InChI=1S/C14H12Br2.C7H5Br2I.CH4/c1-9-3-5-11(6-4-9)12-7-13(15)10(2)14(16)8-12;1-4-6(8)2-5(10)3-7(4)9;/h3-8H,1-2H3;2-3H,1H3;1H4. The molecule has 0 bridgehead atoms. The predicted molar refractivity (Wildman–Crippen MR) is 143 cm³/mol. The molecule has 144 valence electrons. The fourth-order valence-electron chi connectivity index (χ4n) is 2.17. The highest BCUT2D eigenvalue weighted by Gasteiger charge is 2.05. The van der Waals surface area contributed by atoms with E-state index in [1.54, 1.807) is 0 Å². The Morgan fingerprint density at radius 1 is 0.593 bits per heavy atom. The van der Waals surface area contributed by atoms with Crippen molar-refractivity contribution in [1.82, 2.24) is 0 Å². The first-order chi connectivity index (χ1) is 12.2. The number of aryl methyl sites for hydroxylation is 1. The summed E-state index contributed by atoms with van der Waals surface area (Å²) in [4.78, 5) is 0. The Morgan fingerprint density at radius 2 is 0.963 bits per heavy atom. The summed E-state index contributed by atoms with van der Waals surface area (Å²) in [5, 5.41) is 0. The highest BCUT2D eigenvalue weighted by molar-refractivity contribution is 14.1. The van der Waals surface area contributed by atoms with E-state index in [0.29, 0.717) is 0 Å². The minimum Gasteiger partial charge on any atom is -0.0776 e. The normalized spacial score (nSPS) is 9.93. The van der Waals surface area contributed by atoms with E-state index < -0.39 is 0 Å². The highest BCUT2D eigenvalue weighted by atomic mass is 127. The largest absolute Gasteiger partial charge is 0.0776 e. The molecule has 0 saturated heterocycles. The van der Waals surface area contributed by atoms with Gasteiger partial charge in [-0.2, -0.15) is 0 Å². The van der Waals surface area contributed by atoms with Gasteiger partial charge < -0.3 is 0 Å². The van der Waals surface area contributed by atoms with E-state index in [9.17, 15) is 0 Å². The molecule has 0 saturated carbocycles. The minimum atomic E-state index is 0. The van der Waals surface area contributed by atoms with Crippen molar-refractivity contribution in [1.29, 1.82) is 0 Å². The number of hydrogen-bond acceptors (Lipinski definition) is 0. The van der Waals surface area contributed by atoms with Gasteiger partial charge in [-0.3, -0.25) is 0 Å². The van der Waals surface area contributed by atoms with E-state index in [2.05, 4.69) is 156 Å². The number of rotatable bonds is 1. The maximum atomic E-state index is 3.58. The summed E-state index contributed by atoms with van der Waals surface area (Å²) in [5.74, 6) is 0. The van der Waals surface area contributed by atoms with Crippen LogP contribution >= 0.6 is 86.3 Å². The van der Waals surface area contributed by atoms with Crippen molar-refractivity contribution in [3.05, 3.63) is 86.7 Å². The van der Waals surface area contributed by atoms with E-state index >= 15 is 0 Å². The van der Waals surface area contributed by atoms with Crippen molar-refractivity contribution >= 4 is 86.3 Å². The van der Waals surface area contributed by atoms with Gasteiger partial charge >= 0.3 is 0 Å². The van der Waals surface area contributed by atoms with E-state index in [4.69, 9.17) is 0 Å². The number of benzene rings is 3. The number of halogens is 5. The molecular weight excluding hydrogens is 711 g/mol. The molecule has 0 aromatic heterocycles. The molecular formula is C22H21Br4I. The highest BCUT2D eigenvalue weighted by Crippen LogP contribution is 2.31. The molecule has 0 amide bonds. The van der Waals surface area contributed by atoms with Crippen LogP contribution in [-0.2, 0) is 0 Å². The average Bonchev–Trinajstić information content (AvgIpc) is 2.58. The minimum absolute atomic E-state index is 0. The molecule has 0 atom stereocenters. The smallest absolute Gasteiger partial charge is 0.0226 e. The molecule has 27 heavy (non-hydrogen) atoms. The van der Waals surface area contributed by atoms with Crippen LogP contribution in [0.25, 0.3) is 11.1 Å². The second-order valence-electron chi connectivity index (χ2n) is 5.93. The van der Waals surface area contributed by atoms with E-state index in [1.807, 2.05) is 0 Å². The number of hydrogen-bond donors (Lipinski definition) is 0. The average molecular weight is 732 g/mol. The third-order valence-corrected chi connectivity index (χ3v) is 7.83. The van der Waals surface area contributed by atoms with Crippen molar-refractivity contribution in [2.45, 2.75) is 28.2 Å². The molecule has 3 aromatic carbocycles. The second kappa shape index (κ2) is 11.5. The predicted octanol–water partition coefficient (Wildman–Crippen LogP) is 10.3. The zero-order valence-electron chi connectivity index (χ0n) is 14.5. The first-order valence-corrected chi connectivity index (χ1v) is 12.1. The molecule has 3 aromatic rings. The molecule has 0 radical (unpaired) electrons. The topological polar surface area (TPSA) is 0 Å². The van der Waals surface area contributed by atoms with Gasteiger partial charge in [-0.25, -0.2) is 0 Å². The Hall–Kier alpha value is 0.310. The van der Waals surface area contributed by atoms with Crippen molar-refractivity contribution in [2.24, 2.45) is 0 Å². The van der Waals surface area contributed by atoms with Crippen LogP contribution in [0.15, 0.2) is 66.4 Å². The Bertz CT molecular complexity index is 872. The molecule has 0 aliphatic rings. The van der Waals surface area contributed by atoms with Gasteiger partial charge in [0.2, 0.25) is 0 Å². The zero-order valence-corrected chi connectivity index (χ0v) is 23.0. The lowest BCUT2D eigenvalue weighted by atomic mass is 10.0. The molecule has 0 aliphatic carbocycles. The Balaban J connectivity index is 0.000000288. The molecule has 0 nitrogen and oxygen atoms in total. The van der Waals surface area contributed by atoms with Crippen LogP contribution in [0.2, 0.25) is 0 Å². The van der Waals surface area contributed by atoms with Crippen LogP contribution in [0.4, 0.5) is 0 Å². The Morgan fingerprint density at radius 3 is 1.37 bits per heavy atom. The molecule has 0 aliphatic heterocycles. The van der Waals surface area contributed by atoms with Gasteiger partial charge in [0.15, 0.2) is 0 Å². The molecule has 3 rings (SSSR count). The SMILES string of the molecule is C.Cc1c(Br)cc(I)cc1Br.Cc1ccc(-c2cc(Br)c(C)c(Br)c2)cc1. The molecule has 0 N–H and O–H groups in total. The van der Waals surface area contributed by atoms with E-state index in [-0.39, 0.29) is 7.43 Å². The fraction of sp³-hybridized carbons (Fsp3) is 0.182. The quantitative estimate of drug-likeness (QED) is 0.219. The summed E-state index contributed by atoms with van der Waals surface area (Å²) in [6.07, 6.45) is 0. The van der Waals surface area contributed by atoms with Gasteiger partial charge in [0.25, 0.3) is 0 Å². The van der Waals surface area contributed by atoms with Crippen molar-refractivity contribution in [3.63, 3.8) is 0 Å². The fourth-order valence-corrected chi connectivity index (χ4v) is 6.02. The van der Waals surface area contributed by atoms with Crippen molar-refractivity contribution in [3.8, 4) is 11.1 Å². The Labute approximate surface area is 210 Å². The van der Waals surface area contributed by atoms with Crippen LogP contribution in [0.5, 0.6) is 0 Å². The third-order valence-electron chi connectivity index (χ3n) is 3.91. The van der Waals surface area contributed by atoms with Crippen molar-refractivity contribution < 1.29 is 0 Å². The Kier molecular flexibility index (Phi) is 10.8. The maximum Gasteiger partial charge on any atom is 0.0226 e. The van der Waals surface area contributed by atoms with Crippen LogP contribution in [0, 0.1) is 24.3 Å². The first kappa shape index (κ1) is 25.3. The van der Waals surface area contributed by atoms with E-state index in [0.717, 1.165) is 17.9 Å². The molecule has 0 unspecified atom stereocenters. The summed E-state index contributed by atoms with van der Waals surface area (Å²) < 4.78 is 5.83. The summed E-state index contributed by atoms with van der Waals surface area (Å²) in [6.45, 7) is 6.27. The maximum absolute atomic E-state index is 3.58. The first-order valence-electron chi connectivity index (χ1n) is 7.83. The summed E-state index contributed by atoms with van der Waals surface area (Å²) in [5.41, 5.74) is 6.24. The third kappa shape index (κ3) is 7.25. The molecule has 0 heterocycles. The summed E-state index contributed by atoms with van der Waals surface area (Å²) in [6, 6.07) is 17.1. The lowest BCUT2D eigenvalue weighted by molar-refractivity contribution is 1.38. The van der Waals surface area contributed by atoms with Crippen molar-refractivity contribution in [2.75, 3.05) is 0 Å². The van der Waals surface area contributed by atoms with Crippen LogP contribution in [0.1, 0.15) is 24.1 Å². The summed E-state index contributed by atoms with van der Waals surface area (Å²) >= 11 is 16.4. The zero-order chi connectivity index (χ0) is 19.4. The van der Waals surface area contributed by atoms with Gasteiger partial charge in [-0.05, 0) is 89.9 Å². The van der Waals surface area contributed by atoms with Gasteiger partial charge in [-0.1, -0.05) is 101 Å². The molecule has 5 heteroatoms. The van der Waals surface area contributed by atoms with Crippen LogP contribution in [-0.4, -0.2) is 0 Å².